The van der Waals surface area contributed by atoms with Crippen molar-refractivity contribution in [2.45, 2.75) is 18.9 Å². The largest absolute Gasteiger partial charge is 0.470 e. The van der Waals surface area contributed by atoms with Gasteiger partial charge < -0.3 is 9.64 Å². The molecule has 4 heterocycles. The molecule has 9 heteroatoms. The molecular weight excluding hydrogens is 394 g/mol. The molecule has 9 nitrogen and oxygen atoms in total. The van der Waals surface area contributed by atoms with Crippen molar-refractivity contribution in [3.05, 3.63) is 73.1 Å². The first-order valence-electron chi connectivity index (χ1n) is 10.1. The summed E-state index contributed by atoms with van der Waals surface area (Å²) in [6.07, 6.45) is 11.7. The number of piperidine rings is 1. The second-order valence-electron chi connectivity index (χ2n) is 7.28. The zero-order valence-electron chi connectivity index (χ0n) is 16.8. The number of para-hydroxylation sites is 1. The molecule has 0 aliphatic carbocycles. The number of aromatic nitrogens is 6. The van der Waals surface area contributed by atoms with Crippen LogP contribution < -0.4 is 4.74 Å². The molecule has 1 aliphatic rings. The van der Waals surface area contributed by atoms with Gasteiger partial charge in [-0.2, -0.15) is 15.0 Å². The summed E-state index contributed by atoms with van der Waals surface area (Å²) in [7, 11) is 0. The van der Waals surface area contributed by atoms with Crippen molar-refractivity contribution in [1.29, 1.82) is 0 Å². The van der Waals surface area contributed by atoms with Crippen molar-refractivity contribution in [2.24, 2.45) is 0 Å². The zero-order valence-corrected chi connectivity index (χ0v) is 16.8. The fourth-order valence-corrected chi connectivity index (χ4v) is 3.86. The van der Waals surface area contributed by atoms with Gasteiger partial charge in [-0.3, -0.25) is 9.20 Å². The van der Waals surface area contributed by atoms with Gasteiger partial charge in [0.2, 0.25) is 5.65 Å². The van der Waals surface area contributed by atoms with Crippen molar-refractivity contribution in [3.63, 3.8) is 0 Å². The smallest absolute Gasteiger partial charge is 0.258 e. The van der Waals surface area contributed by atoms with Crippen LogP contribution in [0.3, 0.4) is 0 Å². The third-order valence-electron chi connectivity index (χ3n) is 5.35. The molecule has 156 valence electrons. The second kappa shape index (κ2) is 8.02. The molecule has 1 atom stereocenters. The monoisotopic (exact) mass is 415 g/mol. The third-order valence-corrected chi connectivity index (χ3v) is 5.35. The summed E-state index contributed by atoms with van der Waals surface area (Å²) in [4.78, 5) is 25.4. The Labute approximate surface area is 178 Å². The molecule has 0 spiro atoms. The molecule has 4 aromatic rings. The number of likely N-dealkylation sites (tertiary alicyclic amines) is 1. The molecule has 1 fully saturated rings. The van der Waals surface area contributed by atoms with Gasteiger partial charge in [0.1, 0.15) is 6.10 Å². The zero-order chi connectivity index (χ0) is 21.2. The minimum absolute atomic E-state index is 0.0675. The van der Waals surface area contributed by atoms with E-state index in [2.05, 4.69) is 26.7 Å². The van der Waals surface area contributed by atoms with E-state index in [9.17, 15) is 4.79 Å². The lowest BCUT2D eigenvalue weighted by Crippen LogP contribution is -2.44. The number of amides is 1. The topological polar surface area (TPSA) is 90.4 Å². The highest BCUT2D eigenvalue weighted by Gasteiger charge is 2.28. The van der Waals surface area contributed by atoms with Gasteiger partial charge >= 0.3 is 0 Å². The predicted octanol–water partition coefficient (Wildman–Crippen LogP) is 2.64. The van der Waals surface area contributed by atoms with E-state index in [-0.39, 0.29) is 12.0 Å². The summed E-state index contributed by atoms with van der Waals surface area (Å²) in [6.45, 7) is 4.94. The number of nitrogens with zero attached hydrogens (tertiary/aromatic N) is 7. The van der Waals surface area contributed by atoms with Gasteiger partial charge in [0.05, 0.1) is 42.1 Å². The van der Waals surface area contributed by atoms with Crippen LogP contribution >= 0.6 is 0 Å². The molecular formula is C22H21N7O2. The Morgan fingerprint density at radius 1 is 1.16 bits per heavy atom. The van der Waals surface area contributed by atoms with E-state index in [1.165, 1.54) is 4.80 Å². The average Bonchev–Trinajstić information content (AvgIpc) is 3.49. The number of imidazole rings is 1. The molecule has 0 radical (unpaired) electrons. The first-order chi connectivity index (χ1) is 15.2. The van der Waals surface area contributed by atoms with Gasteiger partial charge in [-0.25, -0.2) is 9.97 Å². The van der Waals surface area contributed by atoms with Crippen molar-refractivity contribution in [1.82, 2.24) is 34.3 Å². The summed E-state index contributed by atoms with van der Waals surface area (Å²) in [5, 5.41) is 8.34. The Morgan fingerprint density at radius 2 is 2.00 bits per heavy atom. The van der Waals surface area contributed by atoms with Gasteiger partial charge in [-0.15, -0.1) is 0 Å². The van der Waals surface area contributed by atoms with Crippen LogP contribution in [0.4, 0.5) is 0 Å². The van der Waals surface area contributed by atoms with E-state index >= 15 is 0 Å². The number of hydrogen-bond donors (Lipinski definition) is 0. The normalized spacial score (nSPS) is 16.4. The van der Waals surface area contributed by atoms with Crippen LogP contribution in [0.1, 0.15) is 28.9 Å². The lowest BCUT2D eigenvalue weighted by atomic mass is 10.1. The van der Waals surface area contributed by atoms with Crippen LogP contribution in [-0.4, -0.2) is 59.4 Å². The molecule has 0 N–H and O–H groups in total. The van der Waals surface area contributed by atoms with Crippen molar-refractivity contribution in [2.75, 3.05) is 13.1 Å². The number of fused-ring (bicyclic) bond motifs is 1. The molecule has 1 aromatic carbocycles. The summed E-state index contributed by atoms with van der Waals surface area (Å²) in [5.74, 6) is 0.387. The highest BCUT2D eigenvalue weighted by Crippen LogP contribution is 2.23. The number of carbonyl (C=O) groups excluding carboxylic acids is 1. The molecule has 5 rings (SSSR count). The fraction of sp³-hybridized carbons (Fsp3) is 0.227. The van der Waals surface area contributed by atoms with Crippen molar-refractivity contribution >= 4 is 17.6 Å². The van der Waals surface area contributed by atoms with Crippen LogP contribution in [0.15, 0.2) is 61.8 Å². The van der Waals surface area contributed by atoms with Gasteiger partial charge in [0, 0.05) is 18.9 Å². The Bertz CT molecular complexity index is 1230. The Morgan fingerprint density at radius 3 is 2.84 bits per heavy atom. The summed E-state index contributed by atoms with van der Waals surface area (Å²) in [6, 6.07) is 7.35. The third kappa shape index (κ3) is 3.54. The lowest BCUT2D eigenvalue weighted by molar-refractivity contribution is 0.0530. The van der Waals surface area contributed by atoms with Crippen LogP contribution in [0.25, 0.3) is 17.4 Å². The maximum Gasteiger partial charge on any atom is 0.258 e. The molecule has 1 amide bonds. The Kier molecular flexibility index (Phi) is 4.91. The molecule has 0 bridgehead atoms. The Balaban J connectivity index is 1.37. The minimum atomic E-state index is -0.171. The Hall–Kier alpha value is -4.01. The number of benzene rings is 1. The standard InChI is InChI=1S/C22H21N7O2/c1-2-16-14-24-20-21(23-11-13-28(16)20)31-17-6-5-12-27(15-17)22(30)18-7-3-4-8-19(18)29-25-9-10-26-29/h2-4,7-11,13-14,17H,1,5-6,12,15H2. The number of ether oxygens (including phenoxy) is 1. The van der Waals surface area contributed by atoms with Crippen LogP contribution in [0, 0.1) is 0 Å². The number of carbonyl (C=O) groups is 1. The number of hydrogen-bond acceptors (Lipinski definition) is 6. The molecule has 0 saturated carbocycles. The maximum absolute atomic E-state index is 13.3. The van der Waals surface area contributed by atoms with Gasteiger partial charge in [-0.1, -0.05) is 18.7 Å². The highest BCUT2D eigenvalue weighted by molar-refractivity contribution is 5.97. The van der Waals surface area contributed by atoms with E-state index < -0.39 is 0 Å². The first kappa shape index (κ1) is 19.0. The first-order valence-corrected chi connectivity index (χ1v) is 10.1. The summed E-state index contributed by atoms with van der Waals surface area (Å²) >= 11 is 0. The molecule has 3 aromatic heterocycles. The predicted molar refractivity (Wildman–Crippen MR) is 114 cm³/mol. The van der Waals surface area contributed by atoms with Crippen LogP contribution in [-0.2, 0) is 0 Å². The average molecular weight is 415 g/mol. The molecule has 1 aliphatic heterocycles. The lowest BCUT2D eigenvalue weighted by Gasteiger charge is -2.33. The second-order valence-corrected chi connectivity index (χ2v) is 7.28. The highest BCUT2D eigenvalue weighted by atomic mass is 16.5. The van der Waals surface area contributed by atoms with Crippen LogP contribution in [0.5, 0.6) is 5.88 Å². The number of rotatable bonds is 5. The summed E-state index contributed by atoms with van der Waals surface area (Å²) in [5.41, 5.74) is 2.72. The van der Waals surface area contributed by atoms with E-state index in [0.29, 0.717) is 35.9 Å². The van der Waals surface area contributed by atoms with Crippen molar-refractivity contribution in [3.8, 4) is 11.6 Å². The minimum Gasteiger partial charge on any atom is -0.470 e. The van der Waals surface area contributed by atoms with E-state index in [0.717, 1.165) is 18.5 Å². The fourth-order valence-electron chi connectivity index (χ4n) is 3.86. The van der Waals surface area contributed by atoms with Gasteiger partial charge in [0.15, 0.2) is 0 Å². The van der Waals surface area contributed by atoms with Crippen LogP contribution in [0.2, 0.25) is 0 Å². The van der Waals surface area contributed by atoms with E-state index in [4.69, 9.17) is 4.74 Å². The van der Waals surface area contributed by atoms with E-state index in [1.807, 2.05) is 33.7 Å². The van der Waals surface area contributed by atoms with Crippen molar-refractivity contribution < 1.29 is 9.53 Å². The molecule has 1 saturated heterocycles. The van der Waals surface area contributed by atoms with E-state index in [1.54, 1.807) is 36.9 Å². The maximum atomic E-state index is 13.3. The molecule has 1 unspecified atom stereocenters. The van der Waals surface area contributed by atoms with Gasteiger partial charge in [0.25, 0.3) is 11.8 Å². The summed E-state index contributed by atoms with van der Waals surface area (Å²) < 4.78 is 8.08. The SMILES string of the molecule is C=Cc1cnc2c(OC3CCCN(C(=O)c4ccccc4-n4nccn4)C3)nccn12. The quantitative estimate of drug-likeness (QED) is 0.498. The van der Waals surface area contributed by atoms with Gasteiger partial charge in [-0.05, 0) is 31.1 Å². The molecule has 31 heavy (non-hydrogen) atoms.